The molecule has 5 heteroatoms. The maximum Gasteiger partial charge on any atom is 0.326 e. The fourth-order valence-corrected chi connectivity index (χ4v) is 1.70. The summed E-state index contributed by atoms with van der Waals surface area (Å²) in [6, 6.07) is 0.341. The minimum absolute atomic E-state index is 0.137. The highest BCUT2D eigenvalue weighted by molar-refractivity contribution is 5.94. The summed E-state index contributed by atoms with van der Waals surface area (Å²) in [6.07, 6.45) is 6.11. The molecule has 3 saturated carbocycles. The fourth-order valence-electron chi connectivity index (χ4n) is 1.70. The zero-order chi connectivity index (χ0) is 11.1. The van der Waals surface area contributed by atoms with Crippen molar-refractivity contribution in [3.8, 4) is 0 Å². The highest BCUT2D eigenvalue weighted by Crippen LogP contribution is 2.29. The molecule has 88 valence electrons. The molecule has 0 bridgehead atoms. The molecule has 16 heavy (non-hydrogen) atoms. The average Bonchev–Trinajstić information content (AvgIpc) is 3.07. The van der Waals surface area contributed by atoms with Crippen molar-refractivity contribution < 1.29 is 9.59 Å². The van der Waals surface area contributed by atoms with Crippen molar-refractivity contribution in [2.24, 2.45) is 0 Å². The van der Waals surface area contributed by atoms with Crippen LogP contribution in [0, 0.1) is 0 Å². The lowest BCUT2D eigenvalue weighted by Gasteiger charge is -2.21. The van der Waals surface area contributed by atoms with Gasteiger partial charge in [-0.05, 0) is 38.5 Å². The van der Waals surface area contributed by atoms with Crippen LogP contribution in [0.25, 0.3) is 0 Å². The maximum absolute atomic E-state index is 11.9. The number of carbonyl (C=O) groups excluding carboxylic acids is 2. The molecule has 0 radical (unpaired) electrons. The van der Waals surface area contributed by atoms with Crippen molar-refractivity contribution in [2.45, 2.75) is 56.7 Å². The Morgan fingerprint density at radius 1 is 0.812 bits per heavy atom. The Kier molecular flexibility index (Phi) is 2.26. The van der Waals surface area contributed by atoms with Crippen LogP contribution in [-0.4, -0.2) is 35.1 Å². The number of rotatable bonds is 3. The van der Waals surface area contributed by atoms with Gasteiger partial charge in [0, 0.05) is 18.1 Å². The van der Waals surface area contributed by atoms with Crippen LogP contribution in [0.5, 0.6) is 0 Å². The molecule has 0 aromatic rings. The van der Waals surface area contributed by atoms with Gasteiger partial charge in [-0.3, -0.25) is 0 Å². The molecule has 3 rings (SSSR count). The number of hydrogen-bond acceptors (Lipinski definition) is 2. The number of nitrogens with zero attached hydrogens (tertiary/aromatic N) is 1. The van der Waals surface area contributed by atoms with Crippen LogP contribution in [0.15, 0.2) is 0 Å². The standard InChI is InChI=1S/C11H17N3O2/c15-10(12-7-1-2-7)14(9-5-6-9)11(16)13-8-3-4-8/h7-9H,1-6H2,(H,12,15)(H,13,16). The van der Waals surface area contributed by atoms with Crippen LogP contribution in [0.3, 0.4) is 0 Å². The van der Waals surface area contributed by atoms with E-state index in [0.717, 1.165) is 38.5 Å². The van der Waals surface area contributed by atoms with E-state index in [4.69, 9.17) is 0 Å². The predicted octanol–water partition coefficient (Wildman–Crippen LogP) is 1.19. The Labute approximate surface area is 94.6 Å². The fraction of sp³-hybridized carbons (Fsp3) is 0.818. The van der Waals surface area contributed by atoms with E-state index in [1.165, 1.54) is 4.90 Å². The van der Waals surface area contributed by atoms with Gasteiger partial charge in [-0.15, -0.1) is 0 Å². The minimum atomic E-state index is -0.205. The second-order valence-corrected chi connectivity index (χ2v) is 5.05. The van der Waals surface area contributed by atoms with Gasteiger partial charge >= 0.3 is 12.1 Å². The van der Waals surface area contributed by atoms with Gasteiger partial charge in [0.15, 0.2) is 0 Å². The van der Waals surface area contributed by atoms with Crippen LogP contribution in [0.2, 0.25) is 0 Å². The number of carbonyl (C=O) groups is 2. The monoisotopic (exact) mass is 223 g/mol. The first kappa shape index (κ1) is 9.93. The van der Waals surface area contributed by atoms with Gasteiger partial charge in [0.2, 0.25) is 0 Å². The van der Waals surface area contributed by atoms with Gasteiger partial charge in [0.25, 0.3) is 0 Å². The number of imide groups is 1. The van der Waals surface area contributed by atoms with Crippen molar-refractivity contribution in [3.05, 3.63) is 0 Å². The quantitative estimate of drug-likeness (QED) is 0.755. The van der Waals surface area contributed by atoms with Gasteiger partial charge in [-0.25, -0.2) is 14.5 Å². The van der Waals surface area contributed by atoms with Crippen LogP contribution < -0.4 is 10.6 Å². The van der Waals surface area contributed by atoms with E-state index in [-0.39, 0.29) is 18.1 Å². The van der Waals surface area contributed by atoms with Crippen LogP contribution in [-0.2, 0) is 0 Å². The van der Waals surface area contributed by atoms with Crippen LogP contribution >= 0.6 is 0 Å². The number of hydrogen-bond donors (Lipinski definition) is 2. The van der Waals surface area contributed by atoms with Crippen molar-refractivity contribution in [1.82, 2.24) is 15.5 Å². The molecule has 0 spiro atoms. The second kappa shape index (κ2) is 3.64. The summed E-state index contributed by atoms with van der Waals surface area (Å²) >= 11 is 0. The van der Waals surface area contributed by atoms with Crippen molar-refractivity contribution >= 4 is 12.1 Å². The maximum atomic E-state index is 11.9. The molecule has 0 aromatic carbocycles. The third-order valence-electron chi connectivity index (χ3n) is 3.16. The lowest BCUT2D eigenvalue weighted by atomic mass is 10.5. The van der Waals surface area contributed by atoms with Gasteiger partial charge in [-0.2, -0.15) is 0 Å². The van der Waals surface area contributed by atoms with Crippen molar-refractivity contribution in [1.29, 1.82) is 0 Å². The number of urea groups is 2. The third kappa shape index (κ3) is 2.28. The minimum Gasteiger partial charge on any atom is -0.335 e. The molecule has 2 N–H and O–H groups in total. The molecule has 0 atom stereocenters. The molecule has 0 unspecified atom stereocenters. The first-order valence-electron chi connectivity index (χ1n) is 6.14. The largest absolute Gasteiger partial charge is 0.335 e. The Bertz CT molecular complexity index is 293. The summed E-state index contributed by atoms with van der Waals surface area (Å²) in [4.78, 5) is 25.1. The zero-order valence-electron chi connectivity index (χ0n) is 9.24. The van der Waals surface area contributed by atoms with Crippen LogP contribution in [0.1, 0.15) is 38.5 Å². The molecule has 0 heterocycles. The van der Waals surface area contributed by atoms with E-state index < -0.39 is 0 Å². The van der Waals surface area contributed by atoms with E-state index in [1.54, 1.807) is 0 Å². The molecule has 3 aliphatic carbocycles. The molecule has 3 fully saturated rings. The molecule has 5 nitrogen and oxygen atoms in total. The highest BCUT2D eigenvalue weighted by atomic mass is 16.2. The summed E-state index contributed by atoms with van der Waals surface area (Å²) < 4.78 is 0. The van der Waals surface area contributed by atoms with E-state index in [2.05, 4.69) is 10.6 Å². The van der Waals surface area contributed by atoms with Gasteiger partial charge < -0.3 is 10.6 Å². The van der Waals surface area contributed by atoms with E-state index in [0.29, 0.717) is 12.1 Å². The molecular formula is C11H17N3O2. The van der Waals surface area contributed by atoms with E-state index in [1.807, 2.05) is 0 Å². The molecule has 0 aliphatic heterocycles. The van der Waals surface area contributed by atoms with Crippen molar-refractivity contribution in [2.75, 3.05) is 0 Å². The third-order valence-corrected chi connectivity index (χ3v) is 3.16. The zero-order valence-corrected chi connectivity index (χ0v) is 9.24. The molecular weight excluding hydrogens is 206 g/mol. The summed E-state index contributed by atoms with van der Waals surface area (Å²) in [7, 11) is 0. The molecule has 4 amide bonds. The lowest BCUT2D eigenvalue weighted by molar-refractivity contribution is 0.183. The van der Waals surface area contributed by atoms with E-state index >= 15 is 0 Å². The Balaban J connectivity index is 1.59. The van der Waals surface area contributed by atoms with E-state index in [9.17, 15) is 9.59 Å². The Hall–Kier alpha value is -1.26. The first-order chi connectivity index (χ1) is 7.74. The normalized spacial score (nSPS) is 23.8. The topological polar surface area (TPSA) is 61.4 Å². The highest BCUT2D eigenvalue weighted by Gasteiger charge is 2.40. The lowest BCUT2D eigenvalue weighted by Crippen LogP contribution is -2.50. The van der Waals surface area contributed by atoms with Crippen LogP contribution in [0.4, 0.5) is 9.59 Å². The Morgan fingerprint density at radius 2 is 1.25 bits per heavy atom. The number of amides is 4. The molecule has 0 aromatic heterocycles. The molecule has 0 saturated heterocycles. The first-order valence-corrected chi connectivity index (χ1v) is 6.14. The van der Waals surface area contributed by atoms with Crippen molar-refractivity contribution in [3.63, 3.8) is 0 Å². The smallest absolute Gasteiger partial charge is 0.326 e. The summed E-state index contributed by atoms with van der Waals surface area (Å²) in [5.74, 6) is 0. The Morgan fingerprint density at radius 3 is 1.56 bits per heavy atom. The molecule has 3 aliphatic rings. The summed E-state index contributed by atoms with van der Waals surface area (Å²) in [5, 5.41) is 5.75. The summed E-state index contributed by atoms with van der Waals surface area (Å²) in [6.45, 7) is 0. The van der Waals surface area contributed by atoms with Gasteiger partial charge in [-0.1, -0.05) is 0 Å². The van der Waals surface area contributed by atoms with Gasteiger partial charge in [0.05, 0.1) is 0 Å². The number of nitrogens with one attached hydrogen (secondary N) is 2. The predicted molar refractivity (Wildman–Crippen MR) is 58.0 cm³/mol. The second-order valence-electron chi connectivity index (χ2n) is 5.05. The summed E-state index contributed by atoms with van der Waals surface area (Å²) in [5.41, 5.74) is 0. The van der Waals surface area contributed by atoms with Gasteiger partial charge in [0.1, 0.15) is 0 Å². The average molecular weight is 223 g/mol. The SMILES string of the molecule is O=C(NC1CC1)N(C(=O)NC1CC1)C1CC1.